The molecule has 0 heterocycles. The van der Waals surface area contributed by atoms with Crippen LogP contribution in [0.1, 0.15) is 48.5 Å². The summed E-state index contributed by atoms with van der Waals surface area (Å²) >= 11 is 6.13. The highest BCUT2D eigenvalue weighted by Crippen LogP contribution is 2.18. The molecule has 19 heavy (non-hydrogen) atoms. The molecule has 0 aliphatic carbocycles. The molecule has 0 spiro atoms. The Balaban J connectivity index is 5.45. The molecule has 3 heteroatoms. The lowest BCUT2D eigenvalue weighted by atomic mass is 10.0. The summed E-state index contributed by atoms with van der Waals surface area (Å²) in [6, 6.07) is 0. The molecule has 0 rings (SSSR count). The fourth-order valence-electron chi connectivity index (χ4n) is 1.07. The van der Waals surface area contributed by atoms with Gasteiger partial charge >= 0.3 is 5.97 Å². The first-order valence-corrected chi connectivity index (χ1v) is 6.82. The van der Waals surface area contributed by atoms with Gasteiger partial charge in [-0.25, -0.2) is 0 Å². The van der Waals surface area contributed by atoms with Crippen LogP contribution >= 0.6 is 11.6 Å². The molecule has 0 fully saturated rings. The molecule has 0 saturated heterocycles. The first kappa shape index (κ1) is 17.8. The third-order valence-electron chi connectivity index (χ3n) is 2.97. The zero-order chi connectivity index (χ0) is 15.2. The van der Waals surface area contributed by atoms with Crippen molar-refractivity contribution in [3.05, 3.63) is 21.9 Å². The molecule has 2 nitrogen and oxygen atoms in total. The van der Waals surface area contributed by atoms with Gasteiger partial charge in [-0.05, 0) is 48.7 Å². The number of esters is 1. The van der Waals surface area contributed by atoms with E-state index in [1.807, 2.05) is 27.7 Å². The van der Waals surface area contributed by atoms with E-state index in [4.69, 9.17) is 16.3 Å². The maximum Gasteiger partial charge on any atom is 0.308 e. The Labute approximate surface area is 121 Å². The van der Waals surface area contributed by atoms with Crippen LogP contribution in [-0.2, 0) is 9.53 Å². The molecule has 0 N–H and O–H groups in total. The van der Waals surface area contributed by atoms with Crippen LogP contribution in [0.15, 0.2) is 21.9 Å². The molecule has 0 aromatic carbocycles. The number of hydrogen-bond acceptors (Lipinski definition) is 2. The molecule has 0 atom stereocenters. The Kier molecular flexibility index (Phi) is 7.56. The number of hydrogen-bond donors (Lipinski definition) is 0. The van der Waals surface area contributed by atoms with E-state index in [0.29, 0.717) is 16.7 Å². The van der Waals surface area contributed by atoms with E-state index < -0.39 is 0 Å². The lowest BCUT2D eigenvalue weighted by molar-refractivity contribution is -0.136. The molecule has 0 amide bonds. The van der Waals surface area contributed by atoms with Gasteiger partial charge in [-0.15, -0.1) is 0 Å². The van der Waals surface area contributed by atoms with Crippen LogP contribution in [0.5, 0.6) is 0 Å². The number of halogens is 1. The van der Waals surface area contributed by atoms with Crippen molar-refractivity contribution < 1.29 is 9.53 Å². The number of carbonyl (C=O) groups is 1. The van der Waals surface area contributed by atoms with Crippen molar-refractivity contribution in [1.29, 1.82) is 0 Å². The third kappa shape index (κ3) is 6.50. The molecule has 0 aliphatic heterocycles. The summed E-state index contributed by atoms with van der Waals surface area (Å²) in [5, 5.41) is 0.510. The van der Waals surface area contributed by atoms with Crippen molar-refractivity contribution in [2.45, 2.75) is 48.5 Å². The first-order valence-electron chi connectivity index (χ1n) is 6.44. The molecule has 0 aliphatic rings. The predicted molar refractivity (Wildman–Crippen MR) is 80.5 cm³/mol. The number of rotatable bonds is 3. The first-order chi connectivity index (χ1) is 8.66. The van der Waals surface area contributed by atoms with Crippen molar-refractivity contribution in [2.75, 3.05) is 0 Å². The minimum atomic E-state index is -0.370. The molecule has 106 valence electrons. The highest BCUT2D eigenvalue weighted by atomic mass is 35.5. The minimum Gasteiger partial charge on any atom is -0.417 e. The quantitative estimate of drug-likeness (QED) is 0.428. The minimum absolute atomic E-state index is 0.262. The Bertz CT molecular complexity index is 457. The lowest BCUT2D eigenvalue weighted by Gasteiger charge is -2.09. The van der Waals surface area contributed by atoms with Crippen LogP contribution in [0.25, 0.3) is 0 Å². The SMILES string of the molecule is CC(=O)O/C(C#C/C(Cl)=C(/C)C(C)C)=C(\C)C(C)C. The van der Waals surface area contributed by atoms with Gasteiger partial charge in [0.25, 0.3) is 0 Å². The van der Waals surface area contributed by atoms with Crippen LogP contribution < -0.4 is 0 Å². The maximum atomic E-state index is 11.1. The number of carbonyl (C=O) groups excluding carboxylic acids is 1. The highest BCUT2D eigenvalue weighted by Gasteiger charge is 2.08. The van der Waals surface area contributed by atoms with E-state index in [1.165, 1.54) is 6.92 Å². The van der Waals surface area contributed by atoms with E-state index in [9.17, 15) is 4.79 Å². The third-order valence-corrected chi connectivity index (χ3v) is 3.36. The van der Waals surface area contributed by atoms with E-state index in [-0.39, 0.29) is 11.9 Å². The molecule has 0 aromatic heterocycles. The molecule has 0 bridgehead atoms. The second kappa shape index (κ2) is 8.07. The summed E-state index contributed by atoms with van der Waals surface area (Å²) in [4.78, 5) is 11.1. The van der Waals surface area contributed by atoms with Gasteiger partial charge in [0.2, 0.25) is 0 Å². The second-order valence-electron chi connectivity index (χ2n) is 5.16. The van der Waals surface area contributed by atoms with Crippen LogP contribution in [0, 0.1) is 23.7 Å². The average Bonchev–Trinajstić information content (AvgIpc) is 2.31. The van der Waals surface area contributed by atoms with Crippen molar-refractivity contribution >= 4 is 17.6 Å². The van der Waals surface area contributed by atoms with Crippen LogP contribution in [-0.4, -0.2) is 5.97 Å². The van der Waals surface area contributed by atoms with Gasteiger partial charge in [-0.1, -0.05) is 39.3 Å². The standard InChI is InChI=1S/C16H23ClO2/c1-10(2)12(5)15(17)8-9-16(19-14(7)18)13(6)11(3)4/h10-11H,1-7H3/b15-12+,16-13+. The Morgan fingerprint density at radius 3 is 1.79 bits per heavy atom. The predicted octanol–water partition coefficient (Wildman–Crippen LogP) is 4.65. The topological polar surface area (TPSA) is 26.3 Å². The average molecular weight is 283 g/mol. The molecule has 0 saturated carbocycles. The second-order valence-corrected chi connectivity index (χ2v) is 5.54. The van der Waals surface area contributed by atoms with Crippen LogP contribution in [0.4, 0.5) is 0 Å². The van der Waals surface area contributed by atoms with Crippen molar-refractivity contribution in [1.82, 2.24) is 0 Å². The summed E-state index contributed by atoms with van der Waals surface area (Å²) in [6.45, 7) is 13.4. The summed E-state index contributed by atoms with van der Waals surface area (Å²) in [5.74, 6) is 6.36. The van der Waals surface area contributed by atoms with Gasteiger partial charge in [0, 0.05) is 6.92 Å². The Morgan fingerprint density at radius 2 is 1.42 bits per heavy atom. The summed E-state index contributed by atoms with van der Waals surface area (Å²) < 4.78 is 5.15. The summed E-state index contributed by atoms with van der Waals surface area (Å²) in [5.41, 5.74) is 1.97. The van der Waals surface area contributed by atoms with Crippen LogP contribution in [0.3, 0.4) is 0 Å². The number of ether oxygens (including phenoxy) is 1. The molecular weight excluding hydrogens is 260 g/mol. The van der Waals surface area contributed by atoms with Crippen molar-refractivity contribution in [3.63, 3.8) is 0 Å². The van der Waals surface area contributed by atoms with Gasteiger partial charge in [0.05, 0.1) is 5.03 Å². The van der Waals surface area contributed by atoms with Gasteiger partial charge in [-0.2, -0.15) is 0 Å². The van der Waals surface area contributed by atoms with Crippen molar-refractivity contribution in [2.24, 2.45) is 11.8 Å². The highest BCUT2D eigenvalue weighted by molar-refractivity contribution is 6.32. The van der Waals surface area contributed by atoms with Crippen molar-refractivity contribution in [3.8, 4) is 11.8 Å². The maximum absolute atomic E-state index is 11.1. The van der Waals surface area contributed by atoms with E-state index in [1.54, 1.807) is 0 Å². The van der Waals surface area contributed by atoms with E-state index in [2.05, 4.69) is 25.7 Å². The Morgan fingerprint density at radius 1 is 0.947 bits per heavy atom. The van der Waals surface area contributed by atoms with Gasteiger partial charge < -0.3 is 4.74 Å². The number of allylic oxidation sites excluding steroid dienone is 4. The molecule has 0 radical (unpaired) electrons. The fraction of sp³-hybridized carbons (Fsp3) is 0.562. The smallest absolute Gasteiger partial charge is 0.308 e. The van der Waals surface area contributed by atoms with Gasteiger partial charge in [0.1, 0.15) is 0 Å². The fourth-order valence-corrected chi connectivity index (χ4v) is 1.34. The Hall–Kier alpha value is -1.20. The molecule has 0 unspecified atom stereocenters. The zero-order valence-corrected chi connectivity index (χ0v) is 13.6. The zero-order valence-electron chi connectivity index (χ0n) is 12.8. The summed E-state index contributed by atoms with van der Waals surface area (Å²) in [6.07, 6.45) is 0. The van der Waals surface area contributed by atoms with Gasteiger partial charge in [0.15, 0.2) is 5.76 Å². The lowest BCUT2D eigenvalue weighted by Crippen LogP contribution is -2.03. The van der Waals surface area contributed by atoms with Gasteiger partial charge in [-0.3, -0.25) is 4.79 Å². The molecular formula is C16H23ClO2. The largest absolute Gasteiger partial charge is 0.417 e. The normalized spacial score (nSPS) is 13.6. The molecule has 0 aromatic rings. The summed E-state index contributed by atoms with van der Waals surface area (Å²) in [7, 11) is 0. The van der Waals surface area contributed by atoms with E-state index in [0.717, 1.165) is 11.1 Å². The monoisotopic (exact) mass is 282 g/mol. The van der Waals surface area contributed by atoms with E-state index >= 15 is 0 Å². The van der Waals surface area contributed by atoms with Crippen LogP contribution in [0.2, 0.25) is 0 Å².